The van der Waals surface area contributed by atoms with E-state index in [0.29, 0.717) is 0 Å². The van der Waals surface area contributed by atoms with Gasteiger partial charge in [0.2, 0.25) is 0 Å². The van der Waals surface area contributed by atoms with Crippen molar-refractivity contribution in [2.45, 2.75) is 24.3 Å². The number of hydrogen-bond acceptors (Lipinski definition) is 3. The van der Waals surface area contributed by atoms with E-state index in [-0.39, 0.29) is 6.10 Å². The summed E-state index contributed by atoms with van der Waals surface area (Å²) in [7, 11) is 4.15. The Morgan fingerprint density at radius 1 is 1.31 bits per heavy atom. The molecule has 0 saturated carbocycles. The van der Waals surface area contributed by atoms with Crippen LogP contribution in [-0.2, 0) is 0 Å². The van der Waals surface area contributed by atoms with Gasteiger partial charge in [0.1, 0.15) is 0 Å². The first-order valence-corrected chi connectivity index (χ1v) is 6.68. The van der Waals surface area contributed by atoms with Crippen molar-refractivity contribution in [1.29, 1.82) is 0 Å². The first-order valence-electron chi connectivity index (χ1n) is 5.69. The predicted molar refractivity (Wildman–Crippen MR) is 71.0 cm³/mol. The number of nitrogens with zero attached hydrogens (tertiary/aromatic N) is 1. The lowest BCUT2D eigenvalue weighted by Gasteiger charge is -2.14. The predicted octanol–water partition coefficient (Wildman–Crippen LogP) is 2.78. The van der Waals surface area contributed by atoms with Crippen molar-refractivity contribution in [3.8, 4) is 0 Å². The van der Waals surface area contributed by atoms with E-state index >= 15 is 0 Å². The van der Waals surface area contributed by atoms with Crippen molar-refractivity contribution in [1.82, 2.24) is 4.90 Å². The Bertz CT molecular complexity index is 315. The number of aliphatic hydroxyl groups is 1. The van der Waals surface area contributed by atoms with Gasteiger partial charge in [-0.05, 0) is 32.1 Å². The molecule has 0 saturated heterocycles. The van der Waals surface area contributed by atoms with E-state index in [4.69, 9.17) is 0 Å². The van der Waals surface area contributed by atoms with E-state index < -0.39 is 0 Å². The lowest BCUT2D eigenvalue weighted by Crippen LogP contribution is -2.14. The van der Waals surface area contributed by atoms with Crippen molar-refractivity contribution in [3.05, 3.63) is 29.8 Å². The molecule has 1 rings (SSSR count). The second kappa shape index (κ2) is 6.94. The Morgan fingerprint density at radius 2 is 2.00 bits per heavy atom. The molecule has 0 fully saturated rings. The second-order valence-electron chi connectivity index (χ2n) is 4.11. The normalized spacial score (nSPS) is 13.1. The Kier molecular flexibility index (Phi) is 5.88. The van der Waals surface area contributed by atoms with Crippen molar-refractivity contribution in [3.63, 3.8) is 0 Å². The Labute approximate surface area is 103 Å². The summed E-state index contributed by atoms with van der Waals surface area (Å²) in [6.07, 6.45) is 0.439. The third-order valence-corrected chi connectivity index (χ3v) is 3.53. The molecule has 90 valence electrons. The Hall–Kier alpha value is -0.510. The summed E-state index contributed by atoms with van der Waals surface area (Å²) in [6.45, 7) is 3.06. The number of thioether (sulfide) groups is 1. The minimum atomic E-state index is -0.331. The summed E-state index contributed by atoms with van der Waals surface area (Å²) in [5.41, 5.74) is 1.06. The van der Waals surface area contributed by atoms with Crippen LogP contribution in [-0.4, -0.2) is 36.4 Å². The molecule has 2 nitrogen and oxygen atoms in total. The highest BCUT2D eigenvalue weighted by Gasteiger charge is 2.09. The molecule has 0 heterocycles. The largest absolute Gasteiger partial charge is 0.388 e. The Balaban J connectivity index is 2.64. The first kappa shape index (κ1) is 13.6. The monoisotopic (exact) mass is 239 g/mol. The Morgan fingerprint density at radius 3 is 2.62 bits per heavy atom. The molecule has 0 aliphatic carbocycles. The third kappa shape index (κ3) is 4.16. The zero-order valence-electron chi connectivity index (χ0n) is 10.3. The van der Waals surface area contributed by atoms with E-state index in [2.05, 4.69) is 25.1 Å². The minimum Gasteiger partial charge on any atom is -0.388 e. The van der Waals surface area contributed by atoms with Crippen LogP contribution in [0.4, 0.5) is 0 Å². The van der Waals surface area contributed by atoms with Crippen molar-refractivity contribution in [2.24, 2.45) is 0 Å². The number of aliphatic hydroxyl groups excluding tert-OH is 1. The highest BCUT2D eigenvalue weighted by Crippen LogP contribution is 2.28. The molecule has 1 aromatic rings. The molecule has 1 N–H and O–H groups in total. The molecular weight excluding hydrogens is 218 g/mol. The summed E-state index contributed by atoms with van der Waals surface area (Å²) >= 11 is 1.82. The zero-order chi connectivity index (χ0) is 12.0. The molecule has 1 unspecified atom stereocenters. The molecule has 1 aromatic carbocycles. The van der Waals surface area contributed by atoms with Gasteiger partial charge in [-0.25, -0.2) is 0 Å². The van der Waals surface area contributed by atoms with E-state index in [1.165, 1.54) is 4.90 Å². The van der Waals surface area contributed by atoms with Crippen LogP contribution >= 0.6 is 11.8 Å². The van der Waals surface area contributed by atoms with Crippen LogP contribution in [0.25, 0.3) is 0 Å². The van der Waals surface area contributed by atoms with Gasteiger partial charge >= 0.3 is 0 Å². The van der Waals surface area contributed by atoms with Crippen molar-refractivity contribution in [2.75, 3.05) is 26.4 Å². The SMILES string of the molecule is CCC(O)c1ccccc1SCCN(C)C. The van der Waals surface area contributed by atoms with Gasteiger partial charge < -0.3 is 10.0 Å². The number of hydrogen-bond donors (Lipinski definition) is 1. The maximum absolute atomic E-state index is 9.89. The van der Waals surface area contributed by atoms with Crippen LogP contribution in [0, 0.1) is 0 Å². The minimum absolute atomic E-state index is 0.331. The van der Waals surface area contributed by atoms with Crippen LogP contribution in [0.5, 0.6) is 0 Å². The van der Waals surface area contributed by atoms with Gasteiger partial charge in [-0.1, -0.05) is 25.1 Å². The van der Waals surface area contributed by atoms with Gasteiger partial charge in [0.15, 0.2) is 0 Å². The highest BCUT2D eigenvalue weighted by atomic mass is 32.2. The van der Waals surface area contributed by atoms with Crippen molar-refractivity contribution < 1.29 is 5.11 Å². The average molecular weight is 239 g/mol. The smallest absolute Gasteiger partial charge is 0.0798 e. The summed E-state index contributed by atoms with van der Waals surface area (Å²) < 4.78 is 0. The molecular formula is C13H21NOS. The fourth-order valence-electron chi connectivity index (χ4n) is 1.45. The van der Waals surface area contributed by atoms with Crippen LogP contribution in [0.15, 0.2) is 29.2 Å². The van der Waals surface area contributed by atoms with Gasteiger partial charge in [0.05, 0.1) is 6.10 Å². The third-order valence-electron chi connectivity index (χ3n) is 2.46. The zero-order valence-corrected chi connectivity index (χ0v) is 11.1. The summed E-state index contributed by atoms with van der Waals surface area (Å²) in [5, 5.41) is 9.89. The fourth-order valence-corrected chi connectivity index (χ4v) is 2.67. The average Bonchev–Trinajstić information content (AvgIpc) is 2.28. The fraction of sp³-hybridized carbons (Fsp3) is 0.538. The van der Waals surface area contributed by atoms with E-state index in [1.54, 1.807) is 0 Å². The first-order chi connectivity index (χ1) is 7.65. The molecule has 0 aliphatic heterocycles. The van der Waals surface area contributed by atoms with E-state index in [1.807, 2.05) is 36.9 Å². The van der Waals surface area contributed by atoms with Crippen LogP contribution < -0.4 is 0 Å². The van der Waals surface area contributed by atoms with Gasteiger partial charge in [0, 0.05) is 17.2 Å². The number of rotatable bonds is 6. The van der Waals surface area contributed by atoms with Gasteiger partial charge in [-0.2, -0.15) is 0 Å². The second-order valence-corrected chi connectivity index (χ2v) is 5.25. The quantitative estimate of drug-likeness (QED) is 0.772. The van der Waals surface area contributed by atoms with Gasteiger partial charge in [0.25, 0.3) is 0 Å². The molecule has 16 heavy (non-hydrogen) atoms. The van der Waals surface area contributed by atoms with Crippen molar-refractivity contribution >= 4 is 11.8 Å². The topological polar surface area (TPSA) is 23.5 Å². The van der Waals surface area contributed by atoms with Gasteiger partial charge in [-0.15, -0.1) is 11.8 Å². The molecule has 0 bridgehead atoms. The summed E-state index contributed by atoms with van der Waals surface area (Å²) in [6, 6.07) is 8.13. The van der Waals surface area contributed by atoms with E-state index in [9.17, 15) is 5.11 Å². The summed E-state index contributed by atoms with van der Waals surface area (Å²) in [5.74, 6) is 1.06. The van der Waals surface area contributed by atoms with Gasteiger partial charge in [-0.3, -0.25) is 0 Å². The lowest BCUT2D eigenvalue weighted by atomic mass is 10.1. The molecule has 3 heteroatoms. The number of benzene rings is 1. The van der Waals surface area contributed by atoms with Crippen LogP contribution in [0.1, 0.15) is 25.0 Å². The maximum Gasteiger partial charge on any atom is 0.0798 e. The highest BCUT2D eigenvalue weighted by molar-refractivity contribution is 7.99. The molecule has 0 amide bonds. The molecule has 0 radical (unpaired) electrons. The molecule has 0 spiro atoms. The van der Waals surface area contributed by atoms with Crippen LogP contribution in [0.2, 0.25) is 0 Å². The van der Waals surface area contributed by atoms with Crippen LogP contribution in [0.3, 0.4) is 0 Å². The maximum atomic E-state index is 9.89. The lowest BCUT2D eigenvalue weighted by molar-refractivity contribution is 0.171. The molecule has 0 aromatic heterocycles. The molecule has 0 aliphatic rings. The molecule has 1 atom stereocenters. The van der Waals surface area contributed by atoms with E-state index in [0.717, 1.165) is 24.3 Å². The standard InChI is InChI=1S/C13H21NOS/c1-4-12(15)11-7-5-6-8-13(11)16-10-9-14(2)3/h5-8,12,15H,4,9-10H2,1-3H3. The summed E-state index contributed by atoms with van der Waals surface area (Å²) in [4.78, 5) is 3.38.